The van der Waals surface area contributed by atoms with Gasteiger partial charge in [-0.15, -0.1) is 0 Å². The molecule has 2 aromatic carbocycles. The number of aromatic nitrogens is 1. The number of aryl methyl sites for hydroxylation is 2. The molecule has 0 radical (unpaired) electrons. The van der Waals surface area contributed by atoms with Crippen molar-refractivity contribution in [3.05, 3.63) is 47.5 Å². The van der Waals surface area contributed by atoms with E-state index in [1.165, 1.54) is 18.3 Å². The van der Waals surface area contributed by atoms with Crippen LogP contribution in [0.15, 0.2) is 36.4 Å². The first-order chi connectivity index (χ1) is 11.9. The summed E-state index contributed by atoms with van der Waals surface area (Å²) in [6.07, 6.45) is 0. The molecule has 0 unspecified atom stereocenters. The van der Waals surface area contributed by atoms with Gasteiger partial charge in [-0.05, 0) is 43.7 Å². The van der Waals surface area contributed by atoms with Gasteiger partial charge in [-0.1, -0.05) is 29.0 Å². The molecule has 128 valence electrons. The fraction of sp³-hybridized carbons (Fsp3) is 0.167. The van der Waals surface area contributed by atoms with Gasteiger partial charge in [0.2, 0.25) is 5.91 Å². The van der Waals surface area contributed by atoms with E-state index < -0.39 is 0 Å². The van der Waals surface area contributed by atoms with E-state index in [1.54, 1.807) is 0 Å². The number of anilines is 3. The Hall–Kier alpha value is -2.93. The summed E-state index contributed by atoms with van der Waals surface area (Å²) < 4.78 is 0.898. The van der Waals surface area contributed by atoms with Crippen molar-refractivity contribution >= 4 is 50.0 Å². The normalized spacial score (nSPS) is 10.5. The first-order valence-electron chi connectivity index (χ1n) is 7.74. The molecule has 3 amide bonds. The average Bonchev–Trinajstić information content (AvgIpc) is 2.91. The van der Waals surface area contributed by atoms with Crippen LogP contribution in [-0.2, 0) is 4.79 Å². The SMILES string of the molecule is CC(=O)Nc1nc2c(C)cc(NC(=O)Nc3ccc(C)cc3)cc2s1. The monoisotopic (exact) mass is 354 g/mol. The van der Waals surface area contributed by atoms with Crippen molar-refractivity contribution in [2.24, 2.45) is 0 Å². The molecule has 1 aromatic heterocycles. The van der Waals surface area contributed by atoms with E-state index in [-0.39, 0.29) is 11.9 Å². The first kappa shape index (κ1) is 16.9. The van der Waals surface area contributed by atoms with Crippen molar-refractivity contribution in [2.75, 3.05) is 16.0 Å². The number of carbonyl (C=O) groups is 2. The molecule has 6 nitrogen and oxygen atoms in total. The van der Waals surface area contributed by atoms with Crippen molar-refractivity contribution in [2.45, 2.75) is 20.8 Å². The van der Waals surface area contributed by atoms with Crippen LogP contribution in [0.5, 0.6) is 0 Å². The Kier molecular flexibility index (Phi) is 4.67. The molecule has 0 aliphatic heterocycles. The third-order valence-corrected chi connectivity index (χ3v) is 4.45. The first-order valence-corrected chi connectivity index (χ1v) is 8.56. The summed E-state index contributed by atoms with van der Waals surface area (Å²) in [5, 5.41) is 8.86. The molecule has 7 heteroatoms. The molecule has 3 rings (SSSR count). The topological polar surface area (TPSA) is 83.1 Å². The zero-order chi connectivity index (χ0) is 18.0. The Morgan fingerprint density at radius 1 is 0.960 bits per heavy atom. The fourth-order valence-electron chi connectivity index (χ4n) is 2.40. The van der Waals surface area contributed by atoms with Crippen LogP contribution < -0.4 is 16.0 Å². The lowest BCUT2D eigenvalue weighted by Gasteiger charge is -2.09. The van der Waals surface area contributed by atoms with Crippen LogP contribution in [0, 0.1) is 13.8 Å². The molecule has 0 aliphatic carbocycles. The zero-order valence-corrected chi connectivity index (χ0v) is 15.0. The Bertz CT molecular complexity index is 948. The molecule has 0 aliphatic rings. The summed E-state index contributed by atoms with van der Waals surface area (Å²) in [7, 11) is 0. The van der Waals surface area contributed by atoms with Crippen LogP contribution in [0.4, 0.5) is 21.3 Å². The quantitative estimate of drug-likeness (QED) is 0.647. The minimum Gasteiger partial charge on any atom is -0.308 e. The standard InChI is InChI=1S/C18H18N4O2S/c1-10-4-6-13(7-5-10)20-17(24)21-14-8-11(2)16-15(9-14)25-18(22-16)19-12(3)23/h4-9H,1-3H3,(H,19,22,23)(H2,20,21,24). The number of thiazole rings is 1. The highest BCUT2D eigenvalue weighted by atomic mass is 32.1. The number of nitrogens with one attached hydrogen (secondary N) is 3. The zero-order valence-electron chi connectivity index (χ0n) is 14.1. The molecule has 0 fully saturated rings. The number of fused-ring (bicyclic) bond motifs is 1. The lowest BCUT2D eigenvalue weighted by atomic mass is 10.2. The highest BCUT2D eigenvalue weighted by Crippen LogP contribution is 2.31. The van der Waals surface area contributed by atoms with E-state index in [0.29, 0.717) is 10.8 Å². The van der Waals surface area contributed by atoms with Crippen LogP contribution in [0.2, 0.25) is 0 Å². The van der Waals surface area contributed by atoms with Crippen LogP contribution >= 0.6 is 11.3 Å². The van der Waals surface area contributed by atoms with Gasteiger partial charge in [-0.2, -0.15) is 0 Å². The number of hydrogen-bond donors (Lipinski definition) is 3. The van der Waals surface area contributed by atoms with E-state index in [9.17, 15) is 9.59 Å². The van der Waals surface area contributed by atoms with E-state index in [1.807, 2.05) is 50.2 Å². The minimum atomic E-state index is -0.311. The van der Waals surface area contributed by atoms with Crippen molar-refractivity contribution in [1.82, 2.24) is 4.98 Å². The molecule has 0 saturated heterocycles. The maximum Gasteiger partial charge on any atom is 0.323 e. The van der Waals surface area contributed by atoms with Crippen molar-refractivity contribution in [3.63, 3.8) is 0 Å². The smallest absolute Gasteiger partial charge is 0.308 e. The van der Waals surface area contributed by atoms with Gasteiger partial charge in [0, 0.05) is 18.3 Å². The average molecular weight is 354 g/mol. The summed E-state index contributed by atoms with van der Waals surface area (Å²) in [6, 6.07) is 11.0. The number of urea groups is 1. The largest absolute Gasteiger partial charge is 0.323 e. The molecule has 0 saturated carbocycles. The van der Waals surface area contributed by atoms with Gasteiger partial charge in [0.15, 0.2) is 5.13 Å². The second kappa shape index (κ2) is 6.90. The van der Waals surface area contributed by atoms with Crippen LogP contribution in [0.3, 0.4) is 0 Å². The summed E-state index contributed by atoms with van der Waals surface area (Å²) in [4.78, 5) is 27.8. The predicted molar refractivity (Wildman–Crippen MR) is 102 cm³/mol. The molecule has 0 spiro atoms. The maximum atomic E-state index is 12.2. The second-order valence-corrected chi connectivity index (χ2v) is 6.82. The number of nitrogens with zero attached hydrogens (tertiary/aromatic N) is 1. The molecule has 3 N–H and O–H groups in total. The summed E-state index contributed by atoms with van der Waals surface area (Å²) >= 11 is 1.37. The lowest BCUT2D eigenvalue weighted by molar-refractivity contribution is -0.114. The van der Waals surface area contributed by atoms with Gasteiger partial charge in [0.1, 0.15) is 0 Å². The van der Waals surface area contributed by atoms with Crippen molar-refractivity contribution in [1.29, 1.82) is 0 Å². The Labute approximate surface area is 149 Å². The van der Waals surface area contributed by atoms with Gasteiger partial charge in [-0.25, -0.2) is 9.78 Å². The maximum absolute atomic E-state index is 12.2. The summed E-state index contributed by atoms with van der Waals surface area (Å²) in [6.45, 7) is 5.36. The van der Waals surface area contributed by atoms with Crippen molar-refractivity contribution in [3.8, 4) is 0 Å². The molecule has 0 bridgehead atoms. The molecule has 1 heterocycles. The van der Waals surface area contributed by atoms with Gasteiger partial charge in [-0.3, -0.25) is 4.79 Å². The van der Waals surface area contributed by atoms with Crippen LogP contribution in [0.1, 0.15) is 18.1 Å². The highest BCUT2D eigenvalue weighted by Gasteiger charge is 2.10. The predicted octanol–water partition coefficient (Wildman–Crippen LogP) is 4.52. The number of hydrogen-bond acceptors (Lipinski definition) is 4. The number of rotatable bonds is 3. The number of carbonyl (C=O) groups excluding carboxylic acids is 2. The van der Waals surface area contributed by atoms with Crippen LogP contribution in [-0.4, -0.2) is 16.9 Å². The van der Waals surface area contributed by atoms with Gasteiger partial charge in [0.25, 0.3) is 0 Å². The van der Waals surface area contributed by atoms with Crippen molar-refractivity contribution < 1.29 is 9.59 Å². The van der Waals surface area contributed by atoms with Gasteiger partial charge < -0.3 is 16.0 Å². The Morgan fingerprint density at radius 2 is 1.64 bits per heavy atom. The number of benzene rings is 2. The molecular formula is C18H18N4O2S. The van der Waals surface area contributed by atoms with E-state index in [2.05, 4.69) is 20.9 Å². The third kappa shape index (κ3) is 4.13. The Balaban J connectivity index is 1.77. The van der Waals surface area contributed by atoms with Gasteiger partial charge in [0.05, 0.1) is 10.2 Å². The third-order valence-electron chi connectivity index (χ3n) is 3.54. The van der Waals surface area contributed by atoms with E-state index >= 15 is 0 Å². The number of amides is 3. The van der Waals surface area contributed by atoms with Gasteiger partial charge >= 0.3 is 6.03 Å². The lowest BCUT2D eigenvalue weighted by Crippen LogP contribution is -2.19. The molecule has 0 atom stereocenters. The molecule has 25 heavy (non-hydrogen) atoms. The van der Waals surface area contributed by atoms with E-state index in [0.717, 1.165) is 27.0 Å². The summed E-state index contributed by atoms with van der Waals surface area (Å²) in [5.41, 5.74) is 4.28. The second-order valence-electron chi connectivity index (χ2n) is 5.79. The highest BCUT2D eigenvalue weighted by molar-refractivity contribution is 7.22. The Morgan fingerprint density at radius 3 is 2.32 bits per heavy atom. The molecule has 3 aromatic rings. The summed E-state index contributed by atoms with van der Waals surface area (Å²) in [5.74, 6) is -0.160. The molecular weight excluding hydrogens is 336 g/mol. The minimum absolute atomic E-state index is 0.160. The fourth-order valence-corrected chi connectivity index (χ4v) is 3.43. The van der Waals surface area contributed by atoms with E-state index in [4.69, 9.17) is 0 Å². The van der Waals surface area contributed by atoms with Crippen LogP contribution in [0.25, 0.3) is 10.2 Å².